The Labute approximate surface area is 138 Å². The third-order valence-electron chi connectivity index (χ3n) is 3.18. The molecule has 0 fully saturated rings. The third-order valence-corrected chi connectivity index (χ3v) is 3.71. The van der Waals surface area contributed by atoms with E-state index >= 15 is 0 Å². The summed E-state index contributed by atoms with van der Waals surface area (Å²) in [6.07, 6.45) is 0.0236. The van der Waals surface area contributed by atoms with Crippen LogP contribution in [0.1, 0.15) is 25.8 Å². The molecule has 0 radical (unpaired) electrons. The smallest absolute Gasteiger partial charge is 0.328 e. The predicted molar refractivity (Wildman–Crippen MR) is 85.2 cm³/mol. The van der Waals surface area contributed by atoms with Gasteiger partial charge in [-0.1, -0.05) is 28.1 Å². The van der Waals surface area contributed by atoms with Crippen LogP contribution < -0.4 is 0 Å². The van der Waals surface area contributed by atoms with Gasteiger partial charge < -0.3 is 14.3 Å². The van der Waals surface area contributed by atoms with Gasteiger partial charge >= 0.3 is 11.9 Å². The minimum absolute atomic E-state index is 0.0215. The maximum Gasteiger partial charge on any atom is 0.328 e. The van der Waals surface area contributed by atoms with Crippen molar-refractivity contribution in [3.05, 3.63) is 45.7 Å². The van der Waals surface area contributed by atoms with Crippen LogP contribution in [0.25, 0.3) is 4.85 Å². The average molecular weight is 368 g/mol. The summed E-state index contributed by atoms with van der Waals surface area (Å²) in [6, 6.07) is 6.81. The Morgan fingerprint density at radius 2 is 1.64 bits per heavy atom. The van der Waals surface area contributed by atoms with Gasteiger partial charge in [0.2, 0.25) is 6.54 Å². The number of hydrogen-bond acceptors (Lipinski definition) is 4. The van der Waals surface area contributed by atoms with Crippen molar-refractivity contribution < 1.29 is 19.1 Å². The first-order chi connectivity index (χ1) is 10.5. The van der Waals surface area contributed by atoms with Gasteiger partial charge in [0.05, 0.1) is 19.6 Å². The van der Waals surface area contributed by atoms with Crippen molar-refractivity contribution >= 4 is 27.9 Å². The number of halogens is 1. The van der Waals surface area contributed by atoms with Gasteiger partial charge in [0.25, 0.3) is 0 Å². The van der Waals surface area contributed by atoms with Crippen LogP contribution in [0, 0.1) is 6.57 Å². The molecule has 0 spiro atoms. The molecule has 1 rings (SSSR count). The van der Waals surface area contributed by atoms with Crippen molar-refractivity contribution in [3.8, 4) is 0 Å². The molecular weight excluding hydrogens is 350 g/mol. The van der Waals surface area contributed by atoms with Crippen molar-refractivity contribution in [1.82, 2.24) is 0 Å². The number of hydrogen-bond donors (Lipinski definition) is 0. The molecule has 0 bridgehead atoms. The van der Waals surface area contributed by atoms with E-state index in [1.165, 1.54) is 0 Å². The second-order valence-corrected chi connectivity index (χ2v) is 5.40. The van der Waals surface area contributed by atoms with E-state index in [4.69, 9.17) is 16.0 Å². The Morgan fingerprint density at radius 3 is 2.05 bits per heavy atom. The molecular formula is C16H18BrNO4. The highest BCUT2D eigenvalue weighted by Gasteiger charge is 2.51. The number of carbonyl (C=O) groups excluding carboxylic acids is 2. The summed E-state index contributed by atoms with van der Waals surface area (Å²) in [5.74, 6) is -1.36. The summed E-state index contributed by atoms with van der Waals surface area (Å²) < 4.78 is 11.0. The number of benzene rings is 1. The van der Waals surface area contributed by atoms with Crippen LogP contribution in [0.15, 0.2) is 28.7 Å². The van der Waals surface area contributed by atoms with Crippen LogP contribution in [0.3, 0.4) is 0 Å². The van der Waals surface area contributed by atoms with Gasteiger partial charge in [-0.3, -0.25) is 9.59 Å². The van der Waals surface area contributed by atoms with Crippen molar-refractivity contribution in [2.45, 2.75) is 25.7 Å². The van der Waals surface area contributed by atoms with Crippen LogP contribution in [0.5, 0.6) is 0 Å². The Kier molecular flexibility index (Phi) is 7.06. The summed E-state index contributed by atoms with van der Waals surface area (Å²) in [7, 11) is 0. The van der Waals surface area contributed by atoms with E-state index in [1.54, 1.807) is 38.1 Å². The van der Waals surface area contributed by atoms with Crippen LogP contribution in [-0.2, 0) is 24.5 Å². The molecule has 0 N–H and O–H groups in total. The number of rotatable bonds is 7. The van der Waals surface area contributed by atoms with Crippen LogP contribution in [0.4, 0.5) is 0 Å². The molecule has 0 unspecified atom stereocenters. The maximum absolute atomic E-state index is 12.5. The Morgan fingerprint density at radius 1 is 1.14 bits per heavy atom. The molecule has 0 heterocycles. The van der Waals surface area contributed by atoms with Crippen LogP contribution >= 0.6 is 15.9 Å². The van der Waals surface area contributed by atoms with Gasteiger partial charge in [-0.05, 0) is 31.5 Å². The highest BCUT2D eigenvalue weighted by molar-refractivity contribution is 9.10. The SMILES string of the molecule is [C-]#[N+]CCC(C(=O)OCC)(C(=O)OCC)c1ccc(Br)cc1. The molecule has 0 aliphatic carbocycles. The maximum atomic E-state index is 12.5. The minimum Gasteiger partial charge on any atom is -0.465 e. The zero-order valence-electron chi connectivity index (χ0n) is 12.6. The summed E-state index contributed by atoms with van der Waals surface area (Å²) in [5, 5.41) is 0. The molecule has 1 aromatic carbocycles. The van der Waals surface area contributed by atoms with Gasteiger partial charge in [-0.2, -0.15) is 0 Å². The van der Waals surface area contributed by atoms with Crippen molar-refractivity contribution in [1.29, 1.82) is 0 Å². The van der Waals surface area contributed by atoms with Gasteiger partial charge in [-0.15, -0.1) is 0 Å². The van der Waals surface area contributed by atoms with Gasteiger partial charge in [0, 0.05) is 4.47 Å². The van der Waals surface area contributed by atoms with Crippen molar-refractivity contribution in [3.63, 3.8) is 0 Å². The molecule has 1 aromatic rings. The number of carbonyl (C=O) groups is 2. The molecule has 22 heavy (non-hydrogen) atoms. The van der Waals surface area contributed by atoms with E-state index in [-0.39, 0.29) is 26.2 Å². The standard InChI is InChI=1S/C16H18BrNO4/c1-4-21-14(19)16(10-11-18-3,15(20)22-5-2)12-6-8-13(17)9-7-12/h6-9H,4-5,10-11H2,1-2H3. The van der Waals surface area contributed by atoms with Crippen molar-refractivity contribution in [2.75, 3.05) is 19.8 Å². The van der Waals surface area contributed by atoms with E-state index in [0.29, 0.717) is 5.56 Å². The molecule has 0 saturated heterocycles. The number of ether oxygens (including phenoxy) is 2. The number of nitrogens with zero attached hydrogens (tertiary/aromatic N) is 1. The highest BCUT2D eigenvalue weighted by Crippen LogP contribution is 2.33. The fraction of sp³-hybridized carbons (Fsp3) is 0.438. The quantitative estimate of drug-likeness (QED) is 0.422. The first kappa shape index (κ1) is 18.2. The summed E-state index contributed by atoms with van der Waals surface area (Å²) in [5.41, 5.74) is -1.13. The molecule has 0 aromatic heterocycles. The lowest BCUT2D eigenvalue weighted by Gasteiger charge is -2.28. The fourth-order valence-electron chi connectivity index (χ4n) is 2.13. The normalized spacial score (nSPS) is 10.6. The molecule has 0 aliphatic heterocycles. The second-order valence-electron chi connectivity index (χ2n) is 4.48. The summed E-state index contributed by atoms with van der Waals surface area (Å²) in [6.45, 7) is 10.6. The lowest BCUT2D eigenvalue weighted by Crippen LogP contribution is -2.46. The van der Waals surface area contributed by atoms with E-state index in [2.05, 4.69) is 20.8 Å². The zero-order chi connectivity index (χ0) is 16.6. The monoisotopic (exact) mass is 367 g/mol. The first-order valence-corrected chi connectivity index (χ1v) is 7.75. The average Bonchev–Trinajstić information content (AvgIpc) is 2.50. The Bertz CT molecular complexity index is 545. The fourth-order valence-corrected chi connectivity index (χ4v) is 2.40. The van der Waals surface area contributed by atoms with Crippen molar-refractivity contribution in [2.24, 2.45) is 0 Å². The van der Waals surface area contributed by atoms with Crippen LogP contribution in [-0.4, -0.2) is 31.7 Å². The second kappa shape index (κ2) is 8.54. The largest absolute Gasteiger partial charge is 0.465 e. The van der Waals surface area contributed by atoms with E-state index in [1.807, 2.05) is 0 Å². The van der Waals surface area contributed by atoms with E-state index in [9.17, 15) is 9.59 Å². The lowest BCUT2D eigenvalue weighted by atomic mass is 9.77. The summed E-state index contributed by atoms with van der Waals surface area (Å²) in [4.78, 5) is 28.3. The van der Waals surface area contributed by atoms with Gasteiger partial charge in [0.1, 0.15) is 0 Å². The third kappa shape index (κ3) is 3.86. The van der Waals surface area contributed by atoms with Crippen LogP contribution in [0.2, 0.25) is 0 Å². The Balaban J connectivity index is 3.42. The topological polar surface area (TPSA) is 57.0 Å². The minimum atomic E-state index is -1.60. The molecule has 0 atom stereocenters. The summed E-state index contributed by atoms with van der Waals surface area (Å²) >= 11 is 3.32. The molecule has 5 nitrogen and oxygen atoms in total. The molecule has 6 heteroatoms. The van der Waals surface area contributed by atoms with E-state index < -0.39 is 17.4 Å². The molecule has 0 amide bonds. The molecule has 118 valence electrons. The predicted octanol–water partition coefficient (Wildman–Crippen LogP) is 3.12. The van der Waals surface area contributed by atoms with E-state index in [0.717, 1.165) is 4.47 Å². The first-order valence-electron chi connectivity index (χ1n) is 6.96. The molecule has 0 aliphatic rings. The zero-order valence-corrected chi connectivity index (χ0v) is 14.2. The number of esters is 2. The van der Waals surface area contributed by atoms with Gasteiger partial charge in [-0.25, -0.2) is 6.57 Å². The molecule has 0 saturated carbocycles. The Hall–Kier alpha value is -1.87. The highest BCUT2D eigenvalue weighted by atomic mass is 79.9. The lowest BCUT2D eigenvalue weighted by molar-refractivity contribution is -0.165. The van der Waals surface area contributed by atoms with Gasteiger partial charge in [0.15, 0.2) is 5.41 Å².